The number of ether oxygens (including phenoxy) is 2. The Balaban J connectivity index is 1.69. The Bertz CT molecular complexity index is 1070. The fourth-order valence-corrected chi connectivity index (χ4v) is 4.67. The molecule has 0 N–H and O–H groups in total. The second-order valence-electron chi connectivity index (χ2n) is 7.47. The predicted octanol–water partition coefficient (Wildman–Crippen LogP) is 4.18. The normalized spacial score (nSPS) is 22.2. The first kappa shape index (κ1) is 18.6. The van der Waals surface area contributed by atoms with Crippen molar-refractivity contribution < 1.29 is 27.0 Å². The van der Waals surface area contributed by atoms with E-state index in [0.29, 0.717) is 42.0 Å². The number of halogens is 4. The Morgan fingerprint density at radius 3 is 2.66 bits per heavy atom. The zero-order valence-electron chi connectivity index (χ0n) is 15.7. The summed E-state index contributed by atoms with van der Waals surface area (Å²) in [6, 6.07) is 4.49. The standard InChI is InChI=1S/C20H19F4N3O2/c1-28-16-9-15-13(8-14(16)21)12-4-5-25-19(20(22,23)24)18(12)27(15)7-6-26-11-2-3-17(26)29-10-11/h4-5,8-9,11,17H,2-3,6-7,10H2,1H3. The molecule has 4 heterocycles. The van der Waals surface area contributed by atoms with Gasteiger partial charge in [-0.1, -0.05) is 0 Å². The van der Waals surface area contributed by atoms with Crippen LogP contribution in [0, 0.1) is 5.82 Å². The van der Waals surface area contributed by atoms with Crippen LogP contribution in [0.4, 0.5) is 17.6 Å². The molecule has 2 aromatic heterocycles. The third-order valence-corrected chi connectivity index (χ3v) is 5.96. The molecular weight excluding hydrogens is 390 g/mol. The number of hydrogen-bond acceptors (Lipinski definition) is 4. The average molecular weight is 409 g/mol. The van der Waals surface area contributed by atoms with Gasteiger partial charge in [0, 0.05) is 42.2 Å². The van der Waals surface area contributed by atoms with Gasteiger partial charge in [-0.15, -0.1) is 0 Å². The maximum absolute atomic E-state index is 14.3. The molecule has 5 rings (SSSR count). The lowest BCUT2D eigenvalue weighted by Crippen LogP contribution is -2.32. The number of nitrogens with zero attached hydrogens (tertiary/aromatic N) is 3. The molecule has 2 bridgehead atoms. The summed E-state index contributed by atoms with van der Waals surface area (Å²) >= 11 is 0. The molecule has 2 aliphatic heterocycles. The topological polar surface area (TPSA) is 39.5 Å². The molecular formula is C20H19F4N3O2. The van der Waals surface area contributed by atoms with Crippen LogP contribution in [0.1, 0.15) is 18.5 Å². The lowest BCUT2D eigenvalue weighted by Gasteiger charge is -2.21. The molecule has 0 amide bonds. The largest absolute Gasteiger partial charge is 0.494 e. The van der Waals surface area contributed by atoms with E-state index in [-0.39, 0.29) is 17.5 Å². The number of alkyl halides is 3. The molecule has 5 nitrogen and oxygen atoms in total. The summed E-state index contributed by atoms with van der Waals surface area (Å²) in [6.45, 7) is 1.51. The van der Waals surface area contributed by atoms with E-state index in [1.54, 1.807) is 4.57 Å². The monoisotopic (exact) mass is 409 g/mol. The van der Waals surface area contributed by atoms with Gasteiger partial charge in [0.25, 0.3) is 0 Å². The molecule has 0 saturated carbocycles. The van der Waals surface area contributed by atoms with Crippen molar-refractivity contribution in [1.29, 1.82) is 0 Å². The van der Waals surface area contributed by atoms with E-state index in [4.69, 9.17) is 9.47 Å². The quantitative estimate of drug-likeness (QED) is 0.607. The lowest BCUT2D eigenvalue weighted by molar-refractivity contribution is -0.140. The molecule has 154 valence electrons. The van der Waals surface area contributed by atoms with Crippen LogP contribution in [0.25, 0.3) is 21.8 Å². The minimum absolute atomic E-state index is 0.00681. The van der Waals surface area contributed by atoms with Crippen molar-refractivity contribution in [2.75, 3.05) is 20.3 Å². The molecule has 9 heteroatoms. The van der Waals surface area contributed by atoms with Crippen molar-refractivity contribution in [3.8, 4) is 5.75 Å². The van der Waals surface area contributed by atoms with Gasteiger partial charge in [-0.2, -0.15) is 13.2 Å². The molecule has 0 spiro atoms. The Labute approximate surface area is 163 Å². The SMILES string of the molecule is COc1cc2c(cc1F)c1ccnc(C(F)(F)F)c1n2CCN1C2CCC1OC2. The zero-order valence-corrected chi connectivity index (χ0v) is 15.7. The van der Waals surface area contributed by atoms with Crippen LogP contribution >= 0.6 is 0 Å². The first-order valence-corrected chi connectivity index (χ1v) is 9.47. The Hall–Kier alpha value is -2.39. The van der Waals surface area contributed by atoms with Crippen LogP contribution in [0.2, 0.25) is 0 Å². The van der Waals surface area contributed by atoms with Crippen molar-refractivity contribution in [3.05, 3.63) is 35.9 Å². The Morgan fingerprint density at radius 1 is 1.21 bits per heavy atom. The van der Waals surface area contributed by atoms with E-state index in [2.05, 4.69) is 9.88 Å². The number of methoxy groups -OCH3 is 1. The van der Waals surface area contributed by atoms with Gasteiger partial charge in [0.2, 0.25) is 0 Å². The molecule has 29 heavy (non-hydrogen) atoms. The van der Waals surface area contributed by atoms with Crippen LogP contribution in [0.15, 0.2) is 24.4 Å². The van der Waals surface area contributed by atoms with Gasteiger partial charge < -0.3 is 14.0 Å². The molecule has 2 fully saturated rings. The highest BCUT2D eigenvalue weighted by Gasteiger charge is 2.41. The van der Waals surface area contributed by atoms with Gasteiger partial charge in [0.15, 0.2) is 17.3 Å². The lowest BCUT2D eigenvalue weighted by atomic mass is 10.1. The first-order valence-electron chi connectivity index (χ1n) is 9.47. The van der Waals surface area contributed by atoms with Gasteiger partial charge in [0.05, 0.1) is 24.8 Å². The van der Waals surface area contributed by atoms with Gasteiger partial charge in [-0.25, -0.2) is 9.37 Å². The van der Waals surface area contributed by atoms with Crippen LogP contribution in [0.5, 0.6) is 5.75 Å². The maximum atomic E-state index is 14.3. The summed E-state index contributed by atoms with van der Waals surface area (Å²) in [4.78, 5) is 5.81. The minimum Gasteiger partial charge on any atom is -0.494 e. The maximum Gasteiger partial charge on any atom is 0.435 e. The Kier molecular flexibility index (Phi) is 4.22. The fourth-order valence-electron chi connectivity index (χ4n) is 4.67. The number of hydrogen-bond donors (Lipinski definition) is 0. The predicted molar refractivity (Wildman–Crippen MR) is 98.2 cm³/mol. The van der Waals surface area contributed by atoms with Crippen LogP contribution < -0.4 is 4.74 Å². The minimum atomic E-state index is -4.62. The van der Waals surface area contributed by atoms with E-state index >= 15 is 0 Å². The smallest absolute Gasteiger partial charge is 0.435 e. The van der Waals surface area contributed by atoms with Crippen molar-refractivity contribution >= 4 is 21.8 Å². The highest BCUT2D eigenvalue weighted by molar-refractivity contribution is 6.09. The van der Waals surface area contributed by atoms with E-state index in [9.17, 15) is 17.6 Å². The number of benzene rings is 1. The van der Waals surface area contributed by atoms with Gasteiger partial charge >= 0.3 is 6.18 Å². The summed E-state index contributed by atoms with van der Waals surface area (Å²) in [5.41, 5.74) is -0.509. The molecule has 2 aliphatic rings. The van der Waals surface area contributed by atoms with Crippen molar-refractivity contribution in [1.82, 2.24) is 14.5 Å². The molecule has 2 saturated heterocycles. The van der Waals surface area contributed by atoms with Gasteiger partial charge in [-0.3, -0.25) is 4.90 Å². The van der Waals surface area contributed by atoms with Crippen LogP contribution in [-0.2, 0) is 17.5 Å². The van der Waals surface area contributed by atoms with Crippen LogP contribution in [0.3, 0.4) is 0 Å². The molecule has 2 atom stereocenters. The molecule has 0 radical (unpaired) electrons. The molecule has 3 aromatic rings. The Morgan fingerprint density at radius 2 is 2.03 bits per heavy atom. The number of aromatic nitrogens is 2. The van der Waals surface area contributed by atoms with E-state index in [1.807, 2.05) is 0 Å². The second kappa shape index (κ2) is 6.56. The molecule has 1 aromatic carbocycles. The fraction of sp³-hybridized carbons (Fsp3) is 0.450. The zero-order chi connectivity index (χ0) is 20.3. The van der Waals surface area contributed by atoms with Crippen molar-refractivity contribution in [3.63, 3.8) is 0 Å². The summed E-state index contributed by atoms with van der Waals surface area (Å²) in [7, 11) is 1.33. The second-order valence-corrected chi connectivity index (χ2v) is 7.47. The van der Waals surface area contributed by atoms with Crippen molar-refractivity contribution in [2.24, 2.45) is 0 Å². The summed E-state index contributed by atoms with van der Waals surface area (Å²) in [6.07, 6.45) is -1.51. The molecule has 2 unspecified atom stereocenters. The summed E-state index contributed by atoms with van der Waals surface area (Å²) in [5, 5.41) is 0.733. The molecule has 0 aliphatic carbocycles. The summed E-state index contributed by atoms with van der Waals surface area (Å²) < 4.78 is 67.8. The highest BCUT2D eigenvalue weighted by Crippen LogP contribution is 2.40. The average Bonchev–Trinajstić information content (AvgIpc) is 3.35. The number of pyridine rings is 1. The van der Waals surface area contributed by atoms with E-state index in [1.165, 1.54) is 25.3 Å². The third kappa shape index (κ3) is 2.86. The number of rotatable bonds is 4. The number of fused-ring (bicyclic) bond motifs is 5. The van der Waals surface area contributed by atoms with E-state index in [0.717, 1.165) is 19.0 Å². The van der Waals surface area contributed by atoms with Gasteiger partial charge in [-0.05, 0) is 25.0 Å². The summed E-state index contributed by atoms with van der Waals surface area (Å²) in [5.74, 6) is -0.622. The van der Waals surface area contributed by atoms with Crippen molar-refractivity contribution in [2.45, 2.75) is 37.8 Å². The van der Waals surface area contributed by atoms with E-state index < -0.39 is 17.7 Å². The highest BCUT2D eigenvalue weighted by atomic mass is 19.4. The third-order valence-electron chi connectivity index (χ3n) is 5.96. The first-order chi connectivity index (χ1) is 13.9. The van der Waals surface area contributed by atoms with Gasteiger partial charge in [0.1, 0.15) is 6.23 Å². The van der Waals surface area contributed by atoms with Crippen LogP contribution in [-0.4, -0.2) is 47.0 Å².